The summed E-state index contributed by atoms with van der Waals surface area (Å²) in [6.45, 7) is 0. The summed E-state index contributed by atoms with van der Waals surface area (Å²) in [6, 6.07) is 7.75. The van der Waals surface area contributed by atoms with E-state index < -0.39 is 0 Å². The van der Waals surface area contributed by atoms with Gasteiger partial charge in [-0.1, -0.05) is 18.2 Å². The van der Waals surface area contributed by atoms with Crippen molar-refractivity contribution in [2.75, 3.05) is 7.11 Å². The summed E-state index contributed by atoms with van der Waals surface area (Å²) in [5.41, 5.74) is 1.04. The van der Waals surface area contributed by atoms with Crippen molar-refractivity contribution in [3.63, 3.8) is 0 Å². The molecule has 0 heterocycles. The Morgan fingerprint density at radius 2 is 2.15 bits per heavy atom. The van der Waals surface area contributed by atoms with Gasteiger partial charge in [0, 0.05) is 17.9 Å². The van der Waals surface area contributed by atoms with Gasteiger partial charge in [-0.05, 0) is 12.5 Å². The maximum atomic E-state index is 11.2. The summed E-state index contributed by atoms with van der Waals surface area (Å²) >= 11 is 0. The number of para-hydroxylation sites is 1. The first-order valence-electron chi connectivity index (χ1n) is 4.48. The van der Waals surface area contributed by atoms with Crippen molar-refractivity contribution >= 4 is 5.78 Å². The molecule has 68 valence electrons. The van der Waals surface area contributed by atoms with E-state index in [1.54, 1.807) is 7.11 Å². The second-order valence-electron chi connectivity index (χ2n) is 3.30. The van der Waals surface area contributed by atoms with Crippen molar-refractivity contribution in [3.05, 3.63) is 29.8 Å². The molecule has 0 spiro atoms. The number of carbonyl (C=O) groups excluding carboxylic acids is 1. The van der Waals surface area contributed by atoms with Gasteiger partial charge in [0.05, 0.1) is 7.11 Å². The van der Waals surface area contributed by atoms with E-state index in [1.807, 2.05) is 24.3 Å². The van der Waals surface area contributed by atoms with Crippen LogP contribution in [-0.2, 0) is 4.79 Å². The van der Waals surface area contributed by atoms with E-state index in [0.29, 0.717) is 5.78 Å². The molecule has 0 bridgehead atoms. The van der Waals surface area contributed by atoms with Crippen molar-refractivity contribution in [1.29, 1.82) is 0 Å². The first kappa shape index (κ1) is 8.30. The Kier molecular flexibility index (Phi) is 2.05. The normalized spacial score (nSPS) is 21.0. The van der Waals surface area contributed by atoms with Gasteiger partial charge in [-0.3, -0.25) is 4.79 Å². The minimum absolute atomic E-state index is 0.0937. The summed E-state index contributed by atoms with van der Waals surface area (Å²) in [6.07, 6.45) is 1.70. The number of rotatable bonds is 2. The zero-order valence-corrected chi connectivity index (χ0v) is 7.62. The van der Waals surface area contributed by atoms with E-state index in [9.17, 15) is 4.79 Å². The van der Waals surface area contributed by atoms with Crippen molar-refractivity contribution < 1.29 is 9.53 Å². The second kappa shape index (κ2) is 3.21. The van der Waals surface area contributed by atoms with Crippen LogP contribution >= 0.6 is 0 Å². The molecule has 1 aromatic carbocycles. The Hall–Kier alpha value is -1.31. The van der Waals surface area contributed by atoms with Crippen LogP contribution in [0.15, 0.2) is 24.3 Å². The Bertz CT molecular complexity index is 331. The van der Waals surface area contributed by atoms with Gasteiger partial charge in [0.15, 0.2) is 0 Å². The van der Waals surface area contributed by atoms with E-state index in [-0.39, 0.29) is 5.92 Å². The van der Waals surface area contributed by atoms with Gasteiger partial charge < -0.3 is 4.74 Å². The largest absolute Gasteiger partial charge is 0.496 e. The summed E-state index contributed by atoms with van der Waals surface area (Å²) < 4.78 is 5.20. The molecule has 1 unspecified atom stereocenters. The third-order valence-corrected chi connectivity index (χ3v) is 2.58. The number of Topliss-reactive ketones (excluding diaryl/α,β-unsaturated/α-hetero) is 1. The number of hydrogen-bond donors (Lipinski definition) is 0. The van der Waals surface area contributed by atoms with Crippen molar-refractivity contribution in [3.8, 4) is 5.75 Å². The van der Waals surface area contributed by atoms with Crippen LogP contribution in [0.5, 0.6) is 5.75 Å². The highest BCUT2D eigenvalue weighted by atomic mass is 16.5. The molecule has 1 fully saturated rings. The molecule has 0 aromatic heterocycles. The van der Waals surface area contributed by atoms with E-state index in [2.05, 4.69) is 0 Å². The smallest absolute Gasteiger partial charge is 0.140 e. The van der Waals surface area contributed by atoms with Gasteiger partial charge >= 0.3 is 0 Å². The Morgan fingerprint density at radius 3 is 2.69 bits per heavy atom. The summed E-state index contributed by atoms with van der Waals surface area (Å²) in [4.78, 5) is 11.2. The second-order valence-corrected chi connectivity index (χ2v) is 3.30. The highest BCUT2D eigenvalue weighted by Crippen LogP contribution is 2.37. The third-order valence-electron chi connectivity index (χ3n) is 2.58. The maximum Gasteiger partial charge on any atom is 0.140 e. The lowest BCUT2D eigenvalue weighted by atomic mass is 9.78. The molecule has 2 rings (SSSR count). The van der Waals surface area contributed by atoms with E-state index in [4.69, 9.17) is 4.74 Å². The van der Waals surface area contributed by atoms with Crippen LogP contribution in [0.4, 0.5) is 0 Å². The molecule has 13 heavy (non-hydrogen) atoms. The number of methoxy groups -OCH3 is 1. The molecule has 1 atom stereocenters. The number of benzene rings is 1. The molecule has 1 aliphatic carbocycles. The molecule has 0 amide bonds. The molecule has 1 aromatic rings. The highest BCUT2D eigenvalue weighted by Gasteiger charge is 2.31. The number of hydrogen-bond acceptors (Lipinski definition) is 2. The summed E-state index contributed by atoms with van der Waals surface area (Å²) in [5.74, 6) is 1.26. The maximum absolute atomic E-state index is 11.2. The SMILES string of the molecule is COc1ccccc1C1CCC1=O. The molecule has 0 N–H and O–H groups in total. The van der Waals surface area contributed by atoms with Crippen molar-refractivity contribution in [2.45, 2.75) is 18.8 Å². The third kappa shape index (κ3) is 1.32. The van der Waals surface area contributed by atoms with E-state index in [0.717, 1.165) is 24.2 Å². The molecular weight excluding hydrogens is 164 g/mol. The van der Waals surface area contributed by atoms with Crippen LogP contribution in [0.1, 0.15) is 24.3 Å². The highest BCUT2D eigenvalue weighted by molar-refractivity contribution is 5.91. The molecule has 1 aliphatic rings. The summed E-state index contributed by atoms with van der Waals surface area (Å²) in [5, 5.41) is 0. The van der Waals surface area contributed by atoms with Crippen molar-refractivity contribution in [2.24, 2.45) is 0 Å². The Labute approximate surface area is 77.5 Å². The van der Waals surface area contributed by atoms with Crippen LogP contribution in [0.3, 0.4) is 0 Å². The minimum atomic E-state index is 0.0937. The fourth-order valence-electron chi connectivity index (χ4n) is 1.69. The molecule has 2 nitrogen and oxygen atoms in total. The lowest BCUT2D eigenvalue weighted by molar-refractivity contribution is -0.125. The van der Waals surface area contributed by atoms with Gasteiger partial charge in [0.1, 0.15) is 11.5 Å². The van der Waals surface area contributed by atoms with E-state index in [1.165, 1.54) is 0 Å². The fraction of sp³-hybridized carbons (Fsp3) is 0.364. The Morgan fingerprint density at radius 1 is 1.38 bits per heavy atom. The van der Waals surface area contributed by atoms with Crippen LogP contribution in [0.2, 0.25) is 0 Å². The molecule has 2 heteroatoms. The van der Waals surface area contributed by atoms with Gasteiger partial charge in [-0.2, -0.15) is 0 Å². The van der Waals surface area contributed by atoms with Crippen molar-refractivity contribution in [1.82, 2.24) is 0 Å². The van der Waals surface area contributed by atoms with Gasteiger partial charge in [0.25, 0.3) is 0 Å². The molecule has 0 saturated heterocycles. The molecular formula is C11H12O2. The average molecular weight is 176 g/mol. The lowest BCUT2D eigenvalue weighted by Crippen LogP contribution is -2.23. The first-order valence-corrected chi connectivity index (χ1v) is 4.48. The minimum Gasteiger partial charge on any atom is -0.496 e. The van der Waals surface area contributed by atoms with Crippen LogP contribution in [-0.4, -0.2) is 12.9 Å². The number of carbonyl (C=O) groups is 1. The predicted molar refractivity (Wildman–Crippen MR) is 50.0 cm³/mol. The van der Waals surface area contributed by atoms with Crippen LogP contribution in [0, 0.1) is 0 Å². The van der Waals surface area contributed by atoms with Gasteiger partial charge in [-0.25, -0.2) is 0 Å². The lowest BCUT2D eigenvalue weighted by Gasteiger charge is -2.25. The zero-order valence-electron chi connectivity index (χ0n) is 7.62. The van der Waals surface area contributed by atoms with E-state index >= 15 is 0 Å². The van der Waals surface area contributed by atoms with Crippen LogP contribution < -0.4 is 4.74 Å². The van der Waals surface area contributed by atoms with Gasteiger partial charge in [-0.15, -0.1) is 0 Å². The molecule has 0 radical (unpaired) electrons. The zero-order chi connectivity index (χ0) is 9.26. The standard InChI is InChI=1S/C11H12O2/c1-13-11-5-3-2-4-9(11)8-6-7-10(8)12/h2-5,8H,6-7H2,1H3. The fourth-order valence-corrected chi connectivity index (χ4v) is 1.69. The average Bonchev–Trinajstić information content (AvgIpc) is 2.16. The number of ether oxygens (including phenoxy) is 1. The van der Waals surface area contributed by atoms with Gasteiger partial charge in [0.2, 0.25) is 0 Å². The topological polar surface area (TPSA) is 26.3 Å². The molecule has 1 saturated carbocycles. The Balaban J connectivity index is 2.33. The number of ketones is 1. The molecule has 0 aliphatic heterocycles. The first-order chi connectivity index (χ1) is 6.33. The van der Waals surface area contributed by atoms with Crippen LogP contribution in [0.25, 0.3) is 0 Å². The monoisotopic (exact) mass is 176 g/mol. The summed E-state index contributed by atoms with van der Waals surface area (Å²) in [7, 11) is 1.64. The predicted octanol–water partition coefficient (Wildman–Crippen LogP) is 2.14. The quantitative estimate of drug-likeness (QED) is 0.690.